The normalized spacial score (nSPS) is 10.7. The first-order chi connectivity index (χ1) is 6.83. The van der Waals surface area contributed by atoms with Gasteiger partial charge in [0, 0.05) is 29.0 Å². The van der Waals surface area contributed by atoms with Crippen LogP contribution in [0, 0.1) is 3.90 Å². The van der Waals surface area contributed by atoms with Gasteiger partial charge < -0.3 is 4.42 Å². The van der Waals surface area contributed by atoms with E-state index in [2.05, 4.69) is 17.1 Å². The fourth-order valence-electron chi connectivity index (χ4n) is 1.39. The van der Waals surface area contributed by atoms with Crippen molar-refractivity contribution in [3.63, 3.8) is 0 Å². The molecular formula is C10H17IN2O. The van der Waals surface area contributed by atoms with E-state index in [4.69, 9.17) is 4.42 Å². The molecule has 0 bridgehead atoms. The molecule has 0 saturated carbocycles. The zero-order valence-corrected chi connectivity index (χ0v) is 10.8. The standard InChI is InChI=1S/C10H17IN2O/c1-2-3-4-5-6-7-8-9-12-13-10(11)14-9/h2-8H2,1H3. The van der Waals surface area contributed by atoms with E-state index in [1.807, 2.05) is 22.6 Å². The molecule has 1 aromatic rings. The van der Waals surface area contributed by atoms with Crippen LogP contribution in [-0.2, 0) is 6.42 Å². The lowest BCUT2D eigenvalue weighted by molar-refractivity contribution is 0.456. The molecule has 4 heteroatoms. The zero-order valence-electron chi connectivity index (χ0n) is 8.63. The Morgan fingerprint density at radius 3 is 2.43 bits per heavy atom. The van der Waals surface area contributed by atoms with Crippen LogP contribution in [0.1, 0.15) is 51.3 Å². The summed E-state index contributed by atoms with van der Waals surface area (Å²) in [4.78, 5) is 0. The molecule has 0 radical (unpaired) electrons. The molecule has 0 aliphatic carbocycles. The van der Waals surface area contributed by atoms with Gasteiger partial charge in [-0.25, -0.2) is 0 Å². The van der Waals surface area contributed by atoms with Crippen LogP contribution in [0.5, 0.6) is 0 Å². The van der Waals surface area contributed by atoms with E-state index in [0.29, 0.717) is 3.90 Å². The number of nitrogens with zero attached hydrogens (tertiary/aromatic N) is 2. The fourth-order valence-corrected chi connectivity index (χ4v) is 1.75. The lowest BCUT2D eigenvalue weighted by atomic mass is 10.1. The van der Waals surface area contributed by atoms with Gasteiger partial charge in [-0.3, -0.25) is 0 Å². The number of aromatic nitrogens is 2. The van der Waals surface area contributed by atoms with Crippen LogP contribution in [0.3, 0.4) is 0 Å². The molecule has 0 N–H and O–H groups in total. The average molecular weight is 308 g/mol. The summed E-state index contributed by atoms with van der Waals surface area (Å²) in [5, 5.41) is 7.74. The minimum Gasteiger partial charge on any atom is -0.416 e. The molecule has 80 valence electrons. The highest BCUT2D eigenvalue weighted by Crippen LogP contribution is 2.09. The van der Waals surface area contributed by atoms with Crippen molar-refractivity contribution in [1.29, 1.82) is 0 Å². The van der Waals surface area contributed by atoms with Crippen LogP contribution in [0.2, 0.25) is 0 Å². The summed E-state index contributed by atoms with van der Waals surface area (Å²) in [7, 11) is 0. The summed E-state index contributed by atoms with van der Waals surface area (Å²) in [6.07, 6.45) is 8.74. The van der Waals surface area contributed by atoms with Crippen molar-refractivity contribution in [1.82, 2.24) is 10.2 Å². The van der Waals surface area contributed by atoms with Gasteiger partial charge in [-0.05, 0) is 6.42 Å². The first-order valence-corrected chi connectivity index (χ1v) is 6.38. The molecule has 0 amide bonds. The fraction of sp³-hybridized carbons (Fsp3) is 0.800. The SMILES string of the molecule is CCCCCCCCc1nnc(I)o1. The number of aryl methyl sites for hydroxylation is 1. The van der Waals surface area contributed by atoms with Crippen molar-refractivity contribution < 1.29 is 4.42 Å². The van der Waals surface area contributed by atoms with Crippen LogP contribution in [0.4, 0.5) is 0 Å². The van der Waals surface area contributed by atoms with Crippen molar-refractivity contribution in [3.8, 4) is 0 Å². The topological polar surface area (TPSA) is 38.9 Å². The van der Waals surface area contributed by atoms with Crippen molar-refractivity contribution in [3.05, 3.63) is 9.79 Å². The van der Waals surface area contributed by atoms with Crippen LogP contribution in [-0.4, -0.2) is 10.2 Å². The Morgan fingerprint density at radius 1 is 1.07 bits per heavy atom. The highest BCUT2D eigenvalue weighted by molar-refractivity contribution is 14.1. The van der Waals surface area contributed by atoms with Crippen molar-refractivity contribution in [2.45, 2.75) is 51.9 Å². The second kappa shape index (κ2) is 7.20. The van der Waals surface area contributed by atoms with E-state index in [9.17, 15) is 0 Å². The summed E-state index contributed by atoms with van der Waals surface area (Å²) in [6, 6.07) is 0. The maximum atomic E-state index is 5.28. The van der Waals surface area contributed by atoms with Crippen molar-refractivity contribution >= 4 is 22.6 Å². The summed E-state index contributed by atoms with van der Waals surface area (Å²) in [5.74, 6) is 0.782. The molecule has 0 atom stereocenters. The average Bonchev–Trinajstić information content (AvgIpc) is 2.58. The first-order valence-electron chi connectivity index (χ1n) is 5.31. The van der Waals surface area contributed by atoms with Crippen LogP contribution in [0.15, 0.2) is 4.42 Å². The Bertz CT molecular complexity index is 250. The number of unbranched alkanes of at least 4 members (excludes halogenated alkanes) is 5. The molecule has 14 heavy (non-hydrogen) atoms. The molecular weight excluding hydrogens is 291 g/mol. The van der Waals surface area contributed by atoms with E-state index in [-0.39, 0.29) is 0 Å². The van der Waals surface area contributed by atoms with Gasteiger partial charge in [0.15, 0.2) is 0 Å². The molecule has 0 spiro atoms. The van der Waals surface area contributed by atoms with Gasteiger partial charge in [-0.1, -0.05) is 39.0 Å². The number of hydrogen-bond donors (Lipinski definition) is 0. The molecule has 1 aromatic heterocycles. The van der Waals surface area contributed by atoms with Gasteiger partial charge in [0.05, 0.1) is 0 Å². The van der Waals surface area contributed by atoms with Gasteiger partial charge in [0.1, 0.15) is 0 Å². The molecule has 0 aliphatic rings. The molecule has 0 saturated heterocycles. The Morgan fingerprint density at radius 2 is 1.79 bits per heavy atom. The maximum absolute atomic E-state index is 5.28. The minimum absolute atomic E-state index is 0.642. The predicted octanol–water partition coefficient (Wildman–Crippen LogP) is 3.58. The maximum Gasteiger partial charge on any atom is 0.278 e. The number of halogens is 1. The second-order valence-corrected chi connectivity index (χ2v) is 4.39. The van der Waals surface area contributed by atoms with Gasteiger partial charge in [0.2, 0.25) is 5.89 Å². The molecule has 0 unspecified atom stereocenters. The molecule has 1 rings (SSSR count). The third kappa shape index (κ3) is 4.93. The van der Waals surface area contributed by atoms with E-state index >= 15 is 0 Å². The molecule has 1 heterocycles. The first kappa shape index (κ1) is 11.9. The van der Waals surface area contributed by atoms with Crippen molar-refractivity contribution in [2.75, 3.05) is 0 Å². The Balaban J connectivity index is 1.99. The Kier molecular flexibility index (Phi) is 6.14. The molecule has 0 aliphatic heterocycles. The van der Waals surface area contributed by atoms with Crippen LogP contribution >= 0.6 is 22.6 Å². The minimum atomic E-state index is 0.642. The molecule has 0 aromatic carbocycles. The third-order valence-corrected chi connectivity index (χ3v) is 2.62. The van der Waals surface area contributed by atoms with Gasteiger partial charge in [0.25, 0.3) is 3.90 Å². The molecule has 3 nitrogen and oxygen atoms in total. The lowest BCUT2D eigenvalue weighted by Crippen LogP contribution is -1.86. The van der Waals surface area contributed by atoms with Gasteiger partial charge in [-0.2, -0.15) is 0 Å². The summed E-state index contributed by atoms with van der Waals surface area (Å²) >= 11 is 2.04. The highest BCUT2D eigenvalue weighted by atomic mass is 127. The smallest absolute Gasteiger partial charge is 0.278 e. The van der Waals surface area contributed by atoms with Gasteiger partial charge in [-0.15, -0.1) is 10.2 Å². The second-order valence-electron chi connectivity index (χ2n) is 3.47. The van der Waals surface area contributed by atoms with Gasteiger partial charge >= 0.3 is 0 Å². The number of rotatable bonds is 7. The zero-order chi connectivity index (χ0) is 10.2. The van der Waals surface area contributed by atoms with E-state index in [1.54, 1.807) is 0 Å². The summed E-state index contributed by atoms with van der Waals surface area (Å²) in [6.45, 7) is 2.24. The van der Waals surface area contributed by atoms with E-state index in [1.165, 1.54) is 38.5 Å². The van der Waals surface area contributed by atoms with Crippen LogP contribution in [0.25, 0.3) is 0 Å². The largest absolute Gasteiger partial charge is 0.416 e. The lowest BCUT2D eigenvalue weighted by Gasteiger charge is -1.97. The summed E-state index contributed by atoms with van der Waals surface area (Å²) < 4.78 is 5.92. The van der Waals surface area contributed by atoms with E-state index < -0.39 is 0 Å². The Labute approximate surface area is 98.8 Å². The van der Waals surface area contributed by atoms with E-state index in [0.717, 1.165) is 12.3 Å². The highest BCUT2D eigenvalue weighted by Gasteiger charge is 2.01. The van der Waals surface area contributed by atoms with Crippen molar-refractivity contribution in [2.24, 2.45) is 0 Å². The third-order valence-electron chi connectivity index (χ3n) is 2.19. The summed E-state index contributed by atoms with van der Waals surface area (Å²) in [5.41, 5.74) is 0. The Hall–Kier alpha value is -0.130. The quantitative estimate of drug-likeness (QED) is 0.571. The predicted molar refractivity (Wildman–Crippen MR) is 64.1 cm³/mol. The molecule has 0 fully saturated rings. The monoisotopic (exact) mass is 308 g/mol. The number of hydrogen-bond acceptors (Lipinski definition) is 3. The van der Waals surface area contributed by atoms with Crippen LogP contribution < -0.4 is 0 Å².